The van der Waals surface area contributed by atoms with Gasteiger partial charge in [-0.2, -0.15) is 4.37 Å². The quantitative estimate of drug-likeness (QED) is 0.654. The minimum Gasteiger partial charge on any atom is -0.472 e. The molecule has 1 saturated heterocycles. The zero-order valence-electron chi connectivity index (χ0n) is 19.7. The molecule has 0 spiro atoms. The van der Waals surface area contributed by atoms with Crippen LogP contribution in [-0.4, -0.2) is 75.9 Å². The van der Waals surface area contributed by atoms with Crippen LogP contribution in [0.1, 0.15) is 62.3 Å². The molecule has 0 radical (unpaired) electrons. The second kappa shape index (κ2) is 9.45. The average Bonchev–Trinajstić information content (AvgIpc) is 3.03. The van der Waals surface area contributed by atoms with E-state index in [0.717, 1.165) is 25.5 Å². The monoisotopic (exact) mass is 428 g/mol. The summed E-state index contributed by atoms with van der Waals surface area (Å²) in [6.45, 7) is 24.0. The maximum atomic E-state index is 6.40. The first kappa shape index (κ1) is 24.3. The lowest BCUT2D eigenvalue weighted by atomic mass is 9.95. The van der Waals surface area contributed by atoms with E-state index in [4.69, 9.17) is 14.2 Å². The molecule has 0 aromatic carbocycles. The molecule has 2 heterocycles. The van der Waals surface area contributed by atoms with E-state index in [9.17, 15) is 0 Å². The van der Waals surface area contributed by atoms with Crippen LogP contribution in [0.5, 0.6) is 5.88 Å². The fourth-order valence-electron chi connectivity index (χ4n) is 3.79. The Morgan fingerprint density at radius 2 is 1.59 bits per heavy atom. The Morgan fingerprint density at radius 1 is 1.00 bits per heavy atom. The summed E-state index contributed by atoms with van der Waals surface area (Å²) in [5.41, 5.74) is -0.236. The summed E-state index contributed by atoms with van der Waals surface area (Å²) in [7, 11) is 0. The number of hydrogen-bond acceptors (Lipinski definition) is 8. The highest BCUT2D eigenvalue weighted by Crippen LogP contribution is 2.29. The van der Waals surface area contributed by atoms with Crippen LogP contribution in [-0.2, 0) is 9.47 Å². The van der Waals surface area contributed by atoms with Crippen molar-refractivity contribution in [2.75, 3.05) is 44.4 Å². The molecule has 7 nitrogen and oxygen atoms in total. The van der Waals surface area contributed by atoms with Crippen LogP contribution in [0.2, 0.25) is 0 Å². The topological polar surface area (TPSA) is 60.0 Å². The Bertz CT molecular complexity index is 611. The van der Waals surface area contributed by atoms with Gasteiger partial charge in [-0.25, -0.2) is 0 Å². The van der Waals surface area contributed by atoms with Gasteiger partial charge in [-0.3, -0.25) is 4.90 Å². The van der Waals surface area contributed by atoms with Gasteiger partial charge in [0.25, 0.3) is 5.88 Å². The second-order valence-corrected chi connectivity index (χ2v) is 11.1. The molecule has 0 unspecified atom stereocenters. The molecule has 1 fully saturated rings. The molecule has 168 valence electrons. The second-order valence-electron chi connectivity index (χ2n) is 10.6. The third-order valence-electron chi connectivity index (χ3n) is 4.68. The van der Waals surface area contributed by atoms with Gasteiger partial charge in [0, 0.05) is 30.7 Å². The van der Waals surface area contributed by atoms with E-state index in [2.05, 4.69) is 80.9 Å². The van der Waals surface area contributed by atoms with Crippen molar-refractivity contribution in [1.29, 1.82) is 0 Å². The number of hydrogen-bond donors (Lipinski definition) is 0. The molecule has 0 saturated carbocycles. The Hall–Kier alpha value is -0.960. The van der Waals surface area contributed by atoms with Gasteiger partial charge in [0.05, 0.1) is 30.5 Å². The normalized spacial score (nSPS) is 17.7. The Morgan fingerprint density at radius 3 is 2.10 bits per heavy atom. The van der Waals surface area contributed by atoms with Gasteiger partial charge < -0.3 is 19.1 Å². The third-order valence-corrected chi connectivity index (χ3v) is 5.19. The molecular formula is C21H40N4O3S. The molecule has 29 heavy (non-hydrogen) atoms. The SMILES string of the molecule is CC(C)(C)O[C@H](COc1nsnc1N1CCOCC1)CN(C(C)(C)C)C(C)(C)C. The highest BCUT2D eigenvalue weighted by molar-refractivity contribution is 6.99. The number of aromatic nitrogens is 2. The van der Waals surface area contributed by atoms with Gasteiger partial charge in [0.2, 0.25) is 5.82 Å². The van der Waals surface area contributed by atoms with E-state index >= 15 is 0 Å². The fourth-order valence-corrected chi connectivity index (χ4v) is 4.31. The summed E-state index contributed by atoms with van der Waals surface area (Å²) in [5, 5.41) is 0. The van der Waals surface area contributed by atoms with Crippen molar-refractivity contribution >= 4 is 17.5 Å². The predicted molar refractivity (Wildman–Crippen MR) is 119 cm³/mol. The maximum Gasteiger partial charge on any atom is 0.270 e. The first-order valence-corrected chi connectivity index (χ1v) is 11.2. The zero-order chi connectivity index (χ0) is 21.9. The molecule has 1 atom stereocenters. The van der Waals surface area contributed by atoms with Crippen molar-refractivity contribution in [2.45, 2.75) is 85.1 Å². The zero-order valence-corrected chi connectivity index (χ0v) is 20.6. The summed E-state index contributed by atoms with van der Waals surface area (Å²) in [6.07, 6.45) is -0.0901. The van der Waals surface area contributed by atoms with Gasteiger partial charge in [0.15, 0.2) is 0 Å². The minimum absolute atomic E-state index is 0.0128. The first-order chi connectivity index (χ1) is 13.3. The largest absolute Gasteiger partial charge is 0.472 e. The number of anilines is 1. The lowest BCUT2D eigenvalue weighted by Gasteiger charge is -2.47. The van der Waals surface area contributed by atoms with Gasteiger partial charge in [-0.05, 0) is 62.3 Å². The average molecular weight is 429 g/mol. The molecule has 0 N–H and O–H groups in total. The van der Waals surface area contributed by atoms with E-state index in [-0.39, 0.29) is 22.8 Å². The van der Waals surface area contributed by atoms with Crippen molar-refractivity contribution in [1.82, 2.24) is 13.6 Å². The fraction of sp³-hybridized carbons (Fsp3) is 0.905. The number of ether oxygens (including phenoxy) is 3. The van der Waals surface area contributed by atoms with E-state index < -0.39 is 0 Å². The number of nitrogens with zero attached hydrogens (tertiary/aromatic N) is 4. The molecule has 1 aromatic rings. The van der Waals surface area contributed by atoms with Crippen LogP contribution >= 0.6 is 11.7 Å². The smallest absolute Gasteiger partial charge is 0.270 e. The lowest BCUT2D eigenvalue weighted by Crippen LogP contribution is -2.56. The Balaban J connectivity index is 2.12. The Kier molecular flexibility index (Phi) is 7.92. The van der Waals surface area contributed by atoms with Crippen LogP contribution in [0.15, 0.2) is 0 Å². The molecule has 8 heteroatoms. The molecule has 2 rings (SSSR count). The first-order valence-electron chi connectivity index (χ1n) is 10.5. The minimum atomic E-state index is -0.261. The molecule has 1 aliphatic rings. The summed E-state index contributed by atoms with van der Waals surface area (Å²) in [6, 6.07) is 0. The summed E-state index contributed by atoms with van der Waals surface area (Å²) in [5.74, 6) is 1.41. The van der Waals surface area contributed by atoms with Crippen molar-refractivity contribution < 1.29 is 14.2 Å². The van der Waals surface area contributed by atoms with Crippen LogP contribution in [0.4, 0.5) is 5.82 Å². The molecule has 0 bridgehead atoms. The molecule has 1 aliphatic heterocycles. The highest BCUT2D eigenvalue weighted by atomic mass is 32.1. The van der Waals surface area contributed by atoms with E-state index in [1.54, 1.807) is 0 Å². The number of rotatable bonds is 7. The predicted octanol–water partition coefficient (Wildman–Crippen LogP) is 3.84. The van der Waals surface area contributed by atoms with E-state index in [1.807, 2.05) is 0 Å². The van der Waals surface area contributed by atoms with Crippen LogP contribution in [0.3, 0.4) is 0 Å². The summed E-state index contributed by atoms with van der Waals surface area (Å²) >= 11 is 1.19. The Labute approximate surface area is 181 Å². The van der Waals surface area contributed by atoms with Crippen LogP contribution in [0.25, 0.3) is 0 Å². The summed E-state index contributed by atoms with van der Waals surface area (Å²) < 4.78 is 26.9. The summed E-state index contributed by atoms with van der Waals surface area (Å²) in [4.78, 5) is 4.65. The van der Waals surface area contributed by atoms with Gasteiger partial charge in [0.1, 0.15) is 12.7 Å². The highest BCUT2D eigenvalue weighted by Gasteiger charge is 2.35. The van der Waals surface area contributed by atoms with E-state index in [1.165, 1.54) is 11.7 Å². The van der Waals surface area contributed by atoms with E-state index in [0.29, 0.717) is 25.7 Å². The van der Waals surface area contributed by atoms with Crippen molar-refractivity contribution in [3.8, 4) is 5.88 Å². The third kappa shape index (κ3) is 7.66. The number of morpholine rings is 1. The lowest BCUT2D eigenvalue weighted by molar-refractivity contribution is -0.108. The molecule has 0 amide bonds. The molecule has 1 aromatic heterocycles. The maximum absolute atomic E-state index is 6.40. The van der Waals surface area contributed by atoms with Crippen LogP contribution in [0, 0.1) is 0 Å². The van der Waals surface area contributed by atoms with Gasteiger partial charge >= 0.3 is 0 Å². The van der Waals surface area contributed by atoms with Crippen molar-refractivity contribution in [3.63, 3.8) is 0 Å². The van der Waals surface area contributed by atoms with Gasteiger partial charge in [-0.1, -0.05) is 0 Å². The van der Waals surface area contributed by atoms with Crippen molar-refractivity contribution in [3.05, 3.63) is 0 Å². The standard InChI is InChI=1S/C21H40N4O3S/c1-19(2,3)25(20(4,5)6)14-16(28-21(7,8)9)15-27-18-17(22-29-23-18)24-10-12-26-13-11-24/h16H,10-15H2,1-9H3/t16-/m0/s1. The van der Waals surface area contributed by atoms with Crippen molar-refractivity contribution in [2.24, 2.45) is 0 Å². The van der Waals surface area contributed by atoms with Gasteiger partial charge in [-0.15, -0.1) is 4.37 Å². The molecular weight excluding hydrogens is 388 g/mol. The van der Waals surface area contributed by atoms with Crippen LogP contribution < -0.4 is 9.64 Å². The molecule has 0 aliphatic carbocycles.